The lowest BCUT2D eigenvalue weighted by molar-refractivity contribution is -0.180. The van der Waals surface area contributed by atoms with Crippen LogP contribution in [-0.2, 0) is 6.42 Å². The van der Waals surface area contributed by atoms with Gasteiger partial charge in [0.2, 0.25) is 5.76 Å². The summed E-state index contributed by atoms with van der Waals surface area (Å²) in [5.41, 5.74) is 2.11. The number of hydrogen-bond acceptors (Lipinski definition) is 5. The van der Waals surface area contributed by atoms with Crippen LogP contribution in [0.1, 0.15) is 23.0 Å². The Labute approximate surface area is 177 Å². The third-order valence-corrected chi connectivity index (χ3v) is 5.59. The Morgan fingerprint density at radius 1 is 1.35 bits per heavy atom. The Morgan fingerprint density at radius 2 is 2.13 bits per heavy atom. The molecule has 0 aliphatic carbocycles. The molecule has 1 amide bonds. The predicted octanol–water partition coefficient (Wildman–Crippen LogP) is 3.20. The number of fused-ring (bicyclic) bond motifs is 1. The average Bonchev–Trinajstić information content (AvgIpc) is 3.35. The Bertz CT molecular complexity index is 1060. The lowest BCUT2D eigenvalue weighted by atomic mass is 10.1. The zero-order chi connectivity index (χ0) is 22.2. The molecule has 0 bridgehead atoms. The first-order valence-corrected chi connectivity index (χ1v) is 10.1. The first-order valence-electron chi connectivity index (χ1n) is 10.1. The number of aromatic nitrogens is 2. The van der Waals surface area contributed by atoms with E-state index in [1.807, 2.05) is 37.4 Å². The van der Waals surface area contributed by atoms with Gasteiger partial charge in [-0.25, -0.2) is 4.98 Å². The lowest BCUT2D eigenvalue weighted by Gasteiger charge is -2.39. The monoisotopic (exact) mass is 435 g/mol. The molecule has 2 aromatic heterocycles. The van der Waals surface area contributed by atoms with Gasteiger partial charge >= 0.3 is 6.18 Å². The molecular weight excluding hydrogens is 411 g/mol. The Hall–Kier alpha value is -3.01. The fraction of sp³-hybridized carbons (Fsp3) is 0.429. The van der Waals surface area contributed by atoms with Gasteiger partial charge in [-0.3, -0.25) is 9.69 Å². The minimum atomic E-state index is -4.35. The van der Waals surface area contributed by atoms with Crippen molar-refractivity contribution in [3.63, 3.8) is 0 Å². The second-order valence-corrected chi connectivity index (χ2v) is 7.93. The van der Waals surface area contributed by atoms with Crippen LogP contribution >= 0.6 is 0 Å². The van der Waals surface area contributed by atoms with Crippen molar-refractivity contribution in [1.29, 1.82) is 0 Å². The van der Waals surface area contributed by atoms with E-state index < -0.39 is 18.1 Å². The molecule has 0 radical (unpaired) electrons. The molecule has 1 fully saturated rings. The molecule has 4 rings (SSSR count). The largest absolute Gasteiger partial charge is 0.418 e. The van der Waals surface area contributed by atoms with E-state index in [4.69, 9.17) is 4.42 Å². The van der Waals surface area contributed by atoms with Gasteiger partial charge in [0.05, 0.1) is 6.20 Å². The quantitative estimate of drug-likeness (QED) is 0.644. The second kappa shape index (κ2) is 8.26. The number of likely N-dealkylation sites (N-methyl/N-ethyl adjacent to an activating group) is 1. The summed E-state index contributed by atoms with van der Waals surface area (Å²) >= 11 is 0. The van der Waals surface area contributed by atoms with Crippen molar-refractivity contribution in [3.05, 3.63) is 48.0 Å². The third kappa shape index (κ3) is 4.53. The Kier molecular flexibility index (Phi) is 5.65. The van der Waals surface area contributed by atoms with Crippen molar-refractivity contribution >= 4 is 22.8 Å². The summed E-state index contributed by atoms with van der Waals surface area (Å²) in [5.74, 6) is -0.476. The highest BCUT2D eigenvalue weighted by atomic mass is 19.4. The normalized spacial score (nSPS) is 19.0. The van der Waals surface area contributed by atoms with Crippen molar-refractivity contribution in [1.82, 2.24) is 20.2 Å². The summed E-state index contributed by atoms with van der Waals surface area (Å²) in [6, 6.07) is 6.15. The number of nitrogens with zero attached hydrogens (tertiary/aromatic N) is 3. The van der Waals surface area contributed by atoms with Crippen LogP contribution in [0, 0.1) is 0 Å². The molecule has 3 heterocycles. The van der Waals surface area contributed by atoms with E-state index in [9.17, 15) is 18.0 Å². The number of anilines is 1. The number of carbonyl (C=O) groups is 1. The molecule has 0 spiro atoms. The van der Waals surface area contributed by atoms with E-state index in [2.05, 4.69) is 15.3 Å². The van der Waals surface area contributed by atoms with Gasteiger partial charge in [0.1, 0.15) is 6.04 Å². The number of hydrogen-bond donors (Lipinski definition) is 2. The number of carbonyl (C=O) groups excluding carboxylic acids is 1. The van der Waals surface area contributed by atoms with E-state index in [1.54, 1.807) is 0 Å². The number of oxazole rings is 1. The smallest absolute Gasteiger partial charge is 0.405 e. The van der Waals surface area contributed by atoms with Gasteiger partial charge in [-0.2, -0.15) is 13.2 Å². The van der Waals surface area contributed by atoms with Crippen molar-refractivity contribution in [2.45, 2.75) is 31.6 Å². The first-order chi connectivity index (χ1) is 14.7. The second-order valence-electron chi connectivity index (χ2n) is 7.93. The van der Waals surface area contributed by atoms with Gasteiger partial charge < -0.3 is 19.6 Å². The molecule has 166 valence electrons. The zero-order valence-electron chi connectivity index (χ0n) is 17.2. The van der Waals surface area contributed by atoms with Crippen LogP contribution < -0.4 is 10.2 Å². The lowest BCUT2D eigenvalue weighted by Crippen LogP contribution is -2.57. The van der Waals surface area contributed by atoms with Crippen molar-refractivity contribution < 1.29 is 22.4 Å². The predicted molar refractivity (Wildman–Crippen MR) is 110 cm³/mol. The number of nitrogens with one attached hydrogen (secondary N) is 2. The number of H-pyrrole nitrogens is 1. The Balaban J connectivity index is 1.39. The SMILES string of the molecule is CC(Cc1c[nH]c2ccccc12)NC(=O)c1cnc(N2CCN(C)C(C(F)(F)F)C2)o1. The number of benzene rings is 1. The van der Waals surface area contributed by atoms with Crippen LogP contribution in [-0.4, -0.2) is 65.7 Å². The molecule has 2 unspecified atom stereocenters. The average molecular weight is 435 g/mol. The summed E-state index contributed by atoms with van der Waals surface area (Å²) in [6.45, 7) is 2.14. The maximum Gasteiger partial charge on any atom is 0.405 e. The molecule has 0 saturated carbocycles. The summed E-state index contributed by atoms with van der Waals surface area (Å²) in [6.07, 6.45) is -0.561. The number of piperazine rings is 1. The van der Waals surface area contributed by atoms with Gasteiger partial charge in [-0.1, -0.05) is 18.2 Å². The van der Waals surface area contributed by atoms with Gasteiger partial charge in [0.25, 0.3) is 11.9 Å². The summed E-state index contributed by atoms with van der Waals surface area (Å²) in [7, 11) is 1.44. The molecule has 3 aromatic rings. The molecule has 2 N–H and O–H groups in total. The summed E-state index contributed by atoms with van der Waals surface area (Å²) < 4.78 is 45.2. The van der Waals surface area contributed by atoms with Gasteiger partial charge in [0.15, 0.2) is 0 Å². The number of rotatable bonds is 5. The molecule has 1 saturated heterocycles. The maximum atomic E-state index is 13.2. The maximum absolute atomic E-state index is 13.2. The van der Waals surface area contributed by atoms with E-state index in [0.717, 1.165) is 16.5 Å². The van der Waals surface area contributed by atoms with Crippen LogP contribution in [0.2, 0.25) is 0 Å². The fourth-order valence-corrected chi connectivity index (χ4v) is 3.89. The molecule has 7 nitrogen and oxygen atoms in total. The number of halogens is 3. The van der Waals surface area contributed by atoms with E-state index in [-0.39, 0.29) is 30.9 Å². The molecule has 2 atom stereocenters. The number of amides is 1. The van der Waals surface area contributed by atoms with E-state index in [0.29, 0.717) is 13.0 Å². The molecular formula is C21H24F3N5O2. The minimum Gasteiger partial charge on any atom is -0.418 e. The highest BCUT2D eigenvalue weighted by Crippen LogP contribution is 2.29. The Morgan fingerprint density at radius 3 is 2.90 bits per heavy atom. The highest BCUT2D eigenvalue weighted by molar-refractivity contribution is 5.91. The number of para-hydroxylation sites is 1. The minimum absolute atomic E-state index is 0.0248. The molecule has 1 aliphatic rings. The molecule has 31 heavy (non-hydrogen) atoms. The van der Waals surface area contributed by atoms with Crippen LogP contribution in [0.4, 0.5) is 19.2 Å². The van der Waals surface area contributed by atoms with Crippen molar-refractivity contribution in [2.75, 3.05) is 31.6 Å². The summed E-state index contributed by atoms with van der Waals surface area (Å²) in [5, 5.41) is 3.96. The van der Waals surface area contributed by atoms with Crippen molar-refractivity contribution in [2.24, 2.45) is 0 Å². The highest BCUT2D eigenvalue weighted by Gasteiger charge is 2.45. The first kappa shape index (κ1) is 21.2. The third-order valence-electron chi connectivity index (χ3n) is 5.59. The van der Waals surface area contributed by atoms with Gasteiger partial charge in [-0.15, -0.1) is 0 Å². The van der Waals surface area contributed by atoms with Gasteiger partial charge in [0, 0.05) is 42.8 Å². The van der Waals surface area contributed by atoms with Gasteiger partial charge in [-0.05, 0) is 32.0 Å². The zero-order valence-corrected chi connectivity index (χ0v) is 17.2. The van der Waals surface area contributed by atoms with Crippen LogP contribution in [0.15, 0.2) is 41.1 Å². The molecule has 1 aliphatic heterocycles. The molecule has 1 aromatic carbocycles. The van der Waals surface area contributed by atoms with Crippen LogP contribution in [0.25, 0.3) is 10.9 Å². The number of aromatic amines is 1. The van der Waals surface area contributed by atoms with Crippen molar-refractivity contribution in [3.8, 4) is 0 Å². The summed E-state index contributed by atoms with van der Waals surface area (Å²) in [4.78, 5) is 22.5. The standard InChI is InChI=1S/C21H24F3N5O2/c1-13(9-14-10-25-16-6-4-3-5-15(14)16)27-19(30)17-11-26-20(31-17)29-8-7-28(2)18(12-29)21(22,23)24/h3-6,10-11,13,18,25H,7-9,12H2,1-2H3,(H,27,30). The topological polar surface area (TPSA) is 77.4 Å². The van der Waals surface area contributed by atoms with E-state index in [1.165, 1.54) is 23.0 Å². The van der Waals surface area contributed by atoms with Crippen LogP contribution in [0.3, 0.4) is 0 Å². The van der Waals surface area contributed by atoms with Crippen LogP contribution in [0.5, 0.6) is 0 Å². The molecule has 10 heteroatoms. The van der Waals surface area contributed by atoms with E-state index >= 15 is 0 Å². The number of alkyl halides is 3. The fourth-order valence-electron chi connectivity index (χ4n) is 3.89.